The highest BCUT2D eigenvalue weighted by Gasteiger charge is 2.35. The zero-order chi connectivity index (χ0) is 16.1. The molecular weight excluding hydrogens is 427 g/mol. The van der Waals surface area contributed by atoms with Crippen LogP contribution in [0.2, 0.25) is 0 Å². The van der Waals surface area contributed by atoms with Crippen LogP contribution >= 0.6 is 31.9 Å². The molecule has 3 rings (SSSR count). The first kappa shape index (κ1) is 15.5. The Balaban J connectivity index is 2.31. The number of alkyl halides is 3. The van der Waals surface area contributed by atoms with Gasteiger partial charge in [0.05, 0.1) is 4.47 Å². The molecule has 0 radical (unpaired) electrons. The average molecular weight is 435 g/mol. The first-order valence-corrected chi connectivity index (χ1v) is 7.75. The van der Waals surface area contributed by atoms with E-state index in [1.165, 1.54) is 6.92 Å². The largest absolute Gasteiger partial charge is 0.433 e. The fraction of sp³-hybridized carbons (Fsp3) is 0.143. The number of halogens is 5. The molecule has 0 N–H and O–H groups in total. The summed E-state index contributed by atoms with van der Waals surface area (Å²) in [6.07, 6.45) is -4.51. The van der Waals surface area contributed by atoms with Gasteiger partial charge in [-0.2, -0.15) is 18.3 Å². The number of nitrogens with zero attached hydrogens (tertiary/aromatic N) is 3. The monoisotopic (exact) mass is 433 g/mol. The number of aromatic nitrogens is 3. The van der Waals surface area contributed by atoms with Gasteiger partial charge in [-0.25, -0.2) is 9.50 Å². The van der Waals surface area contributed by atoms with Crippen LogP contribution in [-0.2, 0) is 6.18 Å². The molecule has 0 aliphatic carbocycles. The highest BCUT2D eigenvalue weighted by molar-refractivity contribution is 9.11. The number of fused-ring (bicyclic) bond motifs is 1. The molecule has 114 valence electrons. The van der Waals surface area contributed by atoms with Gasteiger partial charge in [-0.15, -0.1) is 0 Å². The van der Waals surface area contributed by atoms with Crippen molar-refractivity contribution < 1.29 is 13.2 Å². The SMILES string of the molecule is Cc1cc(C(F)(F)F)n2nc(-c3ccc(Br)cc3)c(Br)c2n1. The number of benzene rings is 1. The Labute approximate surface area is 140 Å². The summed E-state index contributed by atoms with van der Waals surface area (Å²) >= 11 is 6.64. The molecule has 2 heterocycles. The van der Waals surface area contributed by atoms with E-state index in [9.17, 15) is 13.2 Å². The molecule has 0 amide bonds. The molecule has 1 aromatic carbocycles. The maximum atomic E-state index is 13.2. The van der Waals surface area contributed by atoms with Crippen LogP contribution in [-0.4, -0.2) is 14.6 Å². The Bertz CT molecular complexity index is 854. The molecule has 8 heteroatoms. The first-order chi connectivity index (χ1) is 10.3. The van der Waals surface area contributed by atoms with Crippen LogP contribution in [0.4, 0.5) is 13.2 Å². The molecule has 0 atom stereocenters. The van der Waals surface area contributed by atoms with Crippen LogP contribution in [0.5, 0.6) is 0 Å². The lowest BCUT2D eigenvalue weighted by atomic mass is 10.2. The van der Waals surface area contributed by atoms with Crippen molar-refractivity contribution in [3.05, 3.63) is 50.7 Å². The van der Waals surface area contributed by atoms with E-state index in [1.807, 2.05) is 0 Å². The summed E-state index contributed by atoms with van der Waals surface area (Å²) in [5.74, 6) is 0. The summed E-state index contributed by atoms with van der Waals surface area (Å²) in [4.78, 5) is 4.16. The van der Waals surface area contributed by atoms with E-state index < -0.39 is 11.9 Å². The molecule has 0 bridgehead atoms. The third kappa shape index (κ3) is 2.65. The lowest BCUT2D eigenvalue weighted by Crippen LogP contribution is -2.13. The van der Waals surface area contributed by atoms with Gasteiger partial charge in [0.15, 0.2) is 5.65 Å². The maximum Gasteiger partial charge on any atom is 0.433 e. The third-order valence-corrected chi connectivity index (χ3v) is 4.33. The molecule has 0 saturated heterocycles. The minimum atomic E-state index is -4.51. The first-order valence-electron chi connectivity index (χ1n) is 6.16. The van der Waals surface area contributed by atoms with Gasteiger partial charge in [-0.05, 0) is 41.1 Å². The standard InChI is InChI=1S/C14H8Br2F3N3/c1-7-6-10(14(17,18)19)22-13(20-7)11(16)12(21-22)8-2-4-9(15)5-3-8/h2-6H,1H3. The van der Waals surface area contributed by atoms with Crippen LogP contribution in [0.15, 0.2) is 39.3 Å². The Morgan fingerprint density at radius 1 is 1.09 bits per heavy atom. The van der Waals surface area contributed by atoms with E-state index in [0.717, 1.165) is 15.1 Å². The summed E-state index contributed by atoms with van der Waals surface area (Å²) in [5, 5.41) is 4.09. The molecule has 0 aliphatic heterocycles. The fourth-order valence-electron chi connectivity index (χ4n) is 2.11. The molecular formula is C14H8Br2F3N3. The van der Waals surface area contributed by atoms with E-state index in [4.69, 9.17) is 0 Å². The second-order valence-corrected chi connectivity index (χ2v) is 6.39. The van der Waals surface area contributed by atoms with E-state index >= 15 is 0 Å². The van der Waals surface area contributed by atoms with Crippen molar-refractivity contribution in [1.82, 2.24) is 14.6 Å². The van der Waals surface area contributed by atoms with Crippen LogP contribution in [0, 0.1) is 6.92 Å². The van der Waals surface area contributed by atoms with Gasteiger partial charge in [0.1, 0.15) is 11.4 Å². The molecule has 0 saturated carbocycles. The van der Waals surface area contributed by atoms with E-state index in [2.05, 4.69) is 41.9 Å². The number of rotatable bonds is 1. The normalized spacial score (nSPS) is 12.1. The topological polar surface area (TPSA) is 30.2 Å². The van der Waals surface area contributed by atoms with Crippen molar-refractivity contribution in [2.45, 2.75) is 13.1 Å². The van der Waals surface area contributed by atoms with Gasteiger partial charge < -0.3 is 0 Å². The van der Waals surface area contributed by atoms with Gasteiger partial charge in [-0.3, -0.25) is 0 Å². The van der Waals surface area contributed by atoms with E-state index in [0.29, 0.717) is 15.7 Å². The van der Waals surface area contributed by atoms with Gasteiger partial charge in [0, 0.05) is 15.7 Å². The zero-order valence-corrected chi connectivity index (χ0v) is 14.3. The van der Waals surface area contributed by atoms with Crippen molar-refractivity contribution in [3.8, 4) is 11.3 Å². The molecule has 3 aromatic rings. The summed E-state index contributed by atoms with van der Waals surface area (Å²) < 4.78 is 41.7. The molecule has 2 aromatic heterocycles. The van der Waals surface area contributed by atoms with Crippen molar-refractivity contribution in [2.75, 3.05) is 0 Å². The number of aryl methyl sites for hydroxylation is 1. The van der Waals surface area contributed by atoms with Crippen LogP contribution in [0.1, 0.15) is 11.4 Å². The summed E-state index contributed by atoms with van der Waals surface area (Å²) in [6.45, 7) is 1.52. The zero-order valence-electron chi connectivity index (χ0n) is 11.1. The molecule has 22 heavy (non-hydrogen) atoms. The quantitative estimate of drug-likeness (QED) is 0.523. The van der Waals surface area contributed by atoms with Crippen molar-refractivity contribution in [3.63, 3.8) is 0 Å². The predicted molar refractivity (Wildman–Crippen MR) is 83.6 cm³/mol. The van der Waals surface area contributed by atoms with Crippen molar-refractivity contribution in [2.24, 2.45) is 0 Å². The van der Waals surface area contributed by atoms with Gasteiger partial charge >= 0.3 is 6.18 Å². The Kier molecular flexibility index (Phi) is 3.76. The average Bonchev–Trinajstić information content (AvgIpc) is 2.75. The third-order valence-electron chi connectivity index (χ3n) is 3.07. The van der Waals surface area contributed by atoms with Crippen LogP contribution < -0.4 is 0 Å². The molecule has 3 nitrogen and oxygen atoms in total. The van der Waals surface area contributed by atoms with E-state index in [1.54, 1.807) is 24.3 Å². The van der Waals surface area contributed by atoms with Crippen molar-refractivity contribution >= 4 is 37.5 Å². The molecule has 0 spiro atoms. The summed E-state index contributed by atoms with van der Waals surface area (Å²) in [5.41, 5.74) is 0.689. The minimum Gasteiger partial charge on any atom is -0.233 e. The summed E-state index contributed by atoms with van der Waals surface area (Å²) in [6, 6.07) is 8.13. The molecule has 0 aliphatic rings. The van der Waals surface area contributed by atoms with E-state index in [-0.39, 0.29) is 11.3 Å². The lowest BCUT2D eigenvalue weighted by Gasteiger charge is -2.09. The van der Waals surface area contributed by atoms with Crippen LogP contribution in [0.25, 0.3) is 16.9 Å². The Hall–Kier alpha value is -1.41. The number of hydrogen-bond acceptors (Lipinski definition) is 2. The smallest absolute Gasteiger partial charge is 0.233 e. The Morgan fingerprint density at radius 3 is 2.32 bits per heavy atom. The molecule has 0 unspecified atom stereocenters. The summed E-state index contributed by atoms with van der Waals surface area (Å²) in [7, 11) is 0. The fourth-order valence-corrected chi connectivity index (χ4v) is 2.94. The van der Waals surface area contributed by atoms with Crippen LogP contribution in [0.3, 0.4) is 0 Å². The highest BCUT2D eigenvalue weighted by Crippen LogP contribution is 2.35. The lowest BCUT2D eigenvalue weighted by molar-refractivity contribution is -0.142. The number of hydrogen-bond donors (Lipinski definition) is 0. The second-order valence-electron chi connectivity index (χ2n) is 4.69. The van der Waals surface area contributed by atoms with Gasteiger partial charge in [0.25, 0.3) is 0 Å². The van der Waals surface area contributed by atoms with Crippen molar-refractivity contribution in [1.29, 1.82) is 0 Å². The second kappa shape index (κ2) is 5.34. The van der Waals surface area contributed by atoms with Gasteiger partial charge in [0.2, 0.25) is 0 Å². The predicted octanol–water partition coefficient (Wildman–Crippen LogP) is 5.25. The minimum absolute atomic E-state index is 0.144. The molecule has 0 fully saturated rings. The maximum absolute atomic E-state index is 13.2. The Morgan fingerprint density at radius 2 is 1.73 bits per heavy atom. The highest BCUT2D eigenvalue weighted by atomic mass is 79.9. The van der Waals surface area contributed by atoms with Gasteiger partial charge in [-0.1, -0.05) is 28.1 Å².